The molecule has 3 aliphatic rings. The summed E-state index contributed by atoms with van der Waals surface area (Å²) in [4.78, 5) is 33.1. The smallest absolute Gasteiger partial charge is 0.435 e. The number of aryl methyl sites for hydroxylation is 2. The largest absolute Gasteiger partial charge is 0.442 e. The predicted octanol–water partition coefficient (Wildman–Crippen LogP) is 5.44. The monoisotopic (exact) mass is 500 g/mol. The van der Waals surface area contributed by atoms with E-state index in [1.54, 1.807) is 6.20 Å². The number of carbonyl (C=O) groups is 2. The Morgan fingerprint density at radius 2 is 2.00 bits per heavy atom. The van der Waals surface area contributed by atoms with Crippen LogP contribution in [0.2, 0.25) is 0 Å². The maximum absolute atomic E-state index is 13.8. The lowest BCUT2D eigenvalue weighted by Gasteiger charge is -2.34. The van der Waals surface area contributed by atoms with Crippen LogP contribution in [-0.2, 0) is 22.4 Å². The molecule has 0 bridgehead atoms. The van der Waals surface area contributed by atoms with E-state index in [2.05, 4.69) is 40.1 Å². The number of ether oxygens (including phenoxy) is 1. The van der Waals surface area contributed by atoms with Gasteiger partial charge in [-0.2, -0.15) is 9.78 Å². The standard InChI is InChI=1S/C30H36N4O3/c1-5-30(3,4)37-29(36)33-19-23-18-25(15-16-26(23)32-33)34(24-13-14-24)28(35)22-10-6-9-21(11-12-22)27-20(2)8-7-17-31-27/h6-12,17,19,21,24-25H,5,13-16,18H2,1-4H3. The molecule has 0 aliphatic heterocycles. The topological polar surface area (TPSA) is 77.3 Å². The summed E-state index contributed by atoms with van der Waals surface area (Å²) >= 11 is 0. The average Bonchev–Trinajstić information content (AvgIpc) is 3.66. The Bertz CT molecular complexity index is 1280. The number of carbonyl (C=O) groups excluding carboxylic acids is 2. The lowest BCUT2D eigenvalue weighted by molar-refractivity contribution is -0.130. The molecule has 2 aromatic heterocycles. The van der Waals surface area contributed by atoms with E-state index in [-0.39, 0.29) is 23.9 Å². The summed E-state index contributed by atoms with van der Waals surface area (Å²) in [5, 5.41) is 4.52. The number of allylic oxidation sites excluding steroid dienone is 4. The molecule has 194 valence electrons. The highest BCUT2D eigenvalue weighted by molar-refractivity contribution is 5.97. The van der Waals surface area contributed by atoms with Crippen LogP contribution < -0.4 is 0 Å². The fourth-order valence-electron chi connectivity index (χ4n) is 5.08. The molecule has 3 aliphatic carbocycles. The Labute approximate surface area is 218 Å². The fraction of sp³-hybridized carbons (Fsp3) is 0.467. The Morgan fingerprint density at radius 1 is 1.19 bits per heavy atom. The lowest BCUT2D eigenvalue weighted by atomic mass is 9.91. The van der Waals surface area contributed by atoms with Gasteiger partial charge in [0.2, 0.25) is 0 Å². The minimum absolute atomic E-state index is 0.0395. The number of fused-ring (bicyclic) bond motifs is 1. The normalized spacial score (nSPS) is 21.1. The predicted molar refractivity (Wildman–Crippen MR) is 142 cm³/mol. The van der Waals surface area contributed by atoms with Crippen molar-refractivity contribution >= 4 is 12.0 Å². The molecule has 1 fully saturated rings. The minimum atomic E-state index is -0.538. The Hall–Kier alpha value is -3.48. The quantitative estimate of drug-likeness (QED) is 0.528. The molecule has 5 rings (SSSR count). The molecule has 37 heavy (non-hydrogen) atoms. The highest BCUT2D eigenvalue weighted by Crippen LogP contribution is 2.35. The lowest BCUT2D eigenvalue weighted by Crippen LogP contribution is -2.45. The van der Waals surface area contributed by atoms with Gasteiger partial charge in [0.15, 0.2) is 0 Å². The number of aromatic nitrogens is 3. The van der Waals surface area contributed by atoms with Gasteiger partial charge in [0.25, 0.3) is 5.91 Å². The van der Waals surface area contributed by atoms with Gasteiger partial charge in [0, 0.05) is 36.0 Å². The van der Waals surface area contributed by atoms with Gasteiger partial charge in [-0.15, -0.1) is 0 Å². The molecule has 0 radical (unpaired) electrons. The molecule has 2 unspecified atom stereocenters. The van der Waals surface area contributed by atoms with Crippen molar-refractivity contribution < 1.29 is 14.3 Å². The van der Waals surface area contributed by atoms with E-state index < -0.39 is 11.7 Å². The van der Waals surface area contributed by atoms with Crippen LogP contribution in [0.5, 0.6) is 0 Å². The molecule has 1 saturated carbocycles. The van der Waals surface area contributed by atoms with Crippen molar-refractivity contribution in [3.8, 4) is 0 Å². The summed E-state index contributed by atoms with van der Waals surface area (Å²) in [5.74, 6) is 0.115. The van der Waals surface area contributed by atoms with Gasteiger partial charge in [0.1, 0.15) is 5.60 Å². The highest BCUT2D eigenvalue weighted by Gasteiger charge is 2.40. The van der Waals surface area contributed by atoms with E-state index >= 15 is 0 Å². The molecule has 0 N–H and O–H groups in total. The number of hydrogen-bond acceptors (Lipinski definition) is 5. The number of nitrogens with zero attached hydrogens (tertiary/aromatic N) is 4. The number of pyridine rings is 1. The summed E-state index contributed by atoms with van der Waals surface area (Å²) in [5.41, 5.74) is 4.26. The van der Waals surface area contributed by atoms with Crippen LogP contribution >= 0.6 is 0 Å². The van der Waals surface area contributed by atoms with Gasteiger partial charge in [-0.05, 0) is 82.6 Å². The molecular formula is C30H36N4O3. The van der Waals surface area contributed by atoms with Gasteiger partial charge < -0.3 is 9.64 Å². The summed E-state index contributed by atoms with van der Waals surface area (Å²) in [6.45, 7) is 7.85. The Morgan fingerprint density at radius 3 is 2.73 bits per heavy atom. The van der Waals surface area contributed by atoms with Gasteiger partial charge in [-0.25, -0.2) is 4.79 Å². The first-order valence-electron chi connectivity index (χ1n) is 13.4. The maximum atomic E-state index is 13.8. The molecular weight excluding hydrogens is 464 g/mol. The average molecular weight is 501 g/mol. The number of rotatable bonds is 6. The summed E-state index contributed by atoms with van der Waals surface area (Å²) in [6, 6.07) is 4.37. The second-order valence-corrected chi connectivity index (χ2v) is 11.0. The Balaban J connectivity index is 1.31. The highest BCUT2D eigenvalue weighted by atomic mass is 16.6. The van der Waals surface area contributed by atoms with Gasteiger partial charge in [-0.3, -0.25) is 9.78 Å². The third-order valence-electron chi connectivity index (χ3n) is 7.71. The second-order valence-electron chi connectivity index (χ2n) is 11.0. The second kappa shape index (κ2) is 10.1. The van der Waals surface area contributed by atoms with Crippen molar-refractivity contribution in [1.29, 1.82) is 0 Å². The molecule has 2 aromatic rings. The molecule has 0 spiro atoms. The zero-order valence-corrected chi connectivity index (χ0v) is 22.2. The summed E-state index contributed by atoms with van der Waals surface area (Å²) < 4.78 is 6.95. The summed E-state index contributed by atoms with van der Waals surface area (Å²) in [7, 11) is 0. The number of amides is 1. The van der Waals surface area contributed by atoms with E-state index in [4.69, 9.17) is 4.74 Å². The minimum Gasteiger partial charge on any atom is -0.442 e. The fourth-order valence-corrected chi connectivity index (χ4v) is 5.08. The van der Waals surface area contributed by atoms with E-state index in [0.29, 0.717) is 12.0 Å². The van der Waals surface area contributed by atoms with Crippen molar-refractivity contribution in [1.82, 2.24) is 19.7 Å². The molecule has 7 nitrogen and oxygen atoms in total. The number of hydrogen-bond donors (Lipinski definition) is 0. The van der Waals surface area contributed by atoms with E-state index in [1.165, 1.54) is 4.68 Å². The van der Waals surface area contributed by atoms with Crippen LogP contribution in [0.15, 0.2) is 60.5 Å². The first kappa shape index (κ1) is 25.2. The van der Waals surface area contributed by atoms with Crippen molar-refractivity contribution in [2.75, 3.05) is 0 Å². The van der Waals surface area contributed by atoms with Gasteiger partial charge in [-0.1, -0.05) is 37.3 Å². The third-order valence-corrected chi connectivity index (χ3v) is 7.71. The van der Waals surface area contributed by atoms with Crippen LogP contribution in [-0.4, -0.2) is 49.3 Å². The van der Waals surface area contributed by atoms with E-state index in [0.717, 1.165) is 54.6 Å². The van der Waals surface area contributed by atoms with Crippen LogP contribution in [0.4, 0.5) is 4.79 Å². The van der Waals surface area contributed by atoms with Crippen LogP contribution in [0, 0.1) is 6.92 Å². The van der Waals surface area contributed by atoms with Crippen LogP contribution in [0.25, 0.3) is 0 Å². The maximum Gasteiger partial charge on any atom is 0.435 e. The molecule has 2 atom stereocenters. The first-order chi connectivity index (χ1) is 17.8. The van der Waals surface area contributed by atoms with Crippen LogP contribution in [0.3, 0.4) is 0 Å². The van der Waals surface area contributed by atoms with Crippen molar-refractivity contribution in [3.63, 3.8) is 0 Å². The molecule has 0 saturated heterocycles. The van der Waals surface area contributed by atoms with Gasteiger partial charge >= 0.3 is 6.09 Å². The van der Waals surface area contributed by atoms with Crippen LogP contribution in [0.1, 0.15) is 74.9 Å². The van der Waals surface area contributed by atoms with Crippen molar-refractivity contribution in [2.24, 2.45) is 0 Å². The van der Waals surface area contributed by atoms with Crippen molar-refractivity contribution in [3.05, 3.63) is 83.0 Å². The summed E-state index contributed by atoms with van der Waals surface area (Å²) in [6.07, 6.45) is 18.2. The van der Waals surface area contributed by atoms with E-state index in [1.807, 2.05) is 51.3 Å². The first-order valence-corrected chi connectivity index (χ1v) is 13.4. The van der Waals surface area contributed by atoms with E-state index in [9.17, 15) is 9.59 Å². The van der Waals surface area contributed by atoms with Crippen molar-refractivity contribution in [2.45, 2.75) is 89.8 Å². The Kier molecular flexibility index (Phi) is 6.88. The molecule has 1 amide bonds. The zero-order valence-electron chi connectivity index (χ0n) is 22.2. The van der Waals surface area contributed by atoms with Gasteiger partial charge in [0.05, 0.1) is 11.4 Å². The SMILES string of the molecule is CCC(C)(C)OC(=O)n1cc2c(n1)CCC(N(C(=O)C1=CC=CC(c3ncccc3C)C=C1)C1CC1)C2. The molecule has 2 heterocycles. The molecule has 0 aromatic carbocycles. The third kappa shape index (κ3) is 5.45. The zero-order chi connectivity index (χ0) is 26.2. The molecule has 7 heteroatoms.